The maximum absolute atomic E-state index is 12.8. The van der Waals surface area contributed by atoms with Gasteiger partial charge in [-0.15, -0.1) is 0 Å². The van der Waals surface area contributed by atoms with E-state index >= 15 is 0 Å². The van der Waals surface area contributed by atoms with Crippen LogP contribution >= 0.6 is 0 Å². The molecule has 1 amide bonds. The fraction of sp³-hybridized carbons (Fsp3) is 0.231. The normalized spacial score (nSPS) is 11.0. The van der Waals surface area contributed by atoms with Gasteiger partial charge in [-0.25, -0.2) is 4.98 Å². The summed E-state index contributed by atoms with van der Waals surface area (Å²) in [5.41, 5.74) is 4.67. The average Bonchev–Trinajstić information content (AvgIpc) is 3.22. The van der Waals surface area contributed by atoms with Crippen LogP contribution in [0.25, 0.3) is 22.4 Å². The van der Waals surface area contributed by atoms with Crippen molar-refractivity contribution in [2.75, 3.05) is 19.5 Å². The van der Waals surface area contributed by atoms with Gasteiger partial charge < -0.3 is 24.5 Å². The van der Waals surface area contributed by atoms with Crippen LogP contribution in [0.3, 0.4) is 0 Å². The van der Waals surface area contributed by atoms with Crippen LogP contribution in [-0.4, -0.2) is 36.2 Å². The second kappa shape index (κ2) is 9.24. The Bertz CT molecular complexity index is 1250. The van der Waals surface area contributed by atoms with Crippen LogP contribution in [-0.2, 0) is 0 Å². The molecular weight excluding hydrogens is 418 g/mol. The number of nitrogens with one attached hydrogen (secondary N) is 2. The van der Waals surface area contributed by atoms with Crippen LogP contribution in [0.5, 0.6) is 17.2 Å². The highest BCUT2D eigenvalue weighted by atomic mass is 16.5. The minimum absolute atomic E-state index is 0.0792. The number of imidazole rings is 1. The Morgan fingerprint density at radius 1 is 0.970 bits per heavy atom. The Hall–Kier alpha value is -4.00. The lowest BCUT2D eigenvalue weighted by Crippen LogP contribution is -2.13. The van der Waals surface area contributed by atoms with Gasteiger partial charge in [0.15, 0.2) is 11.5 Å². The molecule has 4 aromatic rings. The fourth-order valence-corrected chi connectivity index (χ4v) is 3.53. The van der Waals surface area contributed by atoms with Crippen LogP contribution in [0.4, 0.5) is 5.69 Å². The number of hydrogen-bond donors (Lipinski definition) is 2. The van der Waals surface area contributed by atoms with Gasteiger partial charge in [0.2, 0.25) is 0 Å². The fourth-order valence-electron chi connectivity index (χ4n) is 3.53. The van der Waals surface area contributed by atoms with E-state index in [1.165, 1.54) is 0 Å². The van der Waals surface area contributed by atoms with E-state index in [0.717, 1.165) is 33.6 Å². The second-order valence-electron chi connectivity index (χ2n) is 7.98. The van der Waals surface area contributed by atoms with E-state index in [2.05, 4.69) is 10.3 Å². The number of benzene rings is 3. The largest absolute Gasteiger partial charge is 0.493 e. The standard InChI is InChI=1S/C26H27N3O4/c1-15(2)33-19-10-8-17(9-11-19)26(30)29-20-12-18(7-6-16(20)3)25-27-21-13-23(31-4)24(32-5)14-22(21)28-25/h6-15H,1-5H3,(H,27,28)(H,29,30). The van der Waals surface area contributed by atoms with Crippen molar-refractivity contribution in [2.45, 2.75) is 26.9 Å². The van der Waals surface area contributed by atoms with Gasteiger partial charge in [0.25, 0.3) is 5.91 Å². The number of carbonyl (C=O) groups is 1. The van der Waals surface area contributed by atoms with E-state index in [9.17, 15) is 4.79 Å². The first-order valence-electron chi connectivity index (χ1n) is 10.7. The number of rotatable bonds is 7. The van der Waals surface area contributed by atoms with E-state index in [4.69, 9.17) is 19.2 Å². The molecule has 1 heterocycles. The third-order valence-corrected chi connectivity index (χ3v) is 5.23. The monoisotopic (exact) mass is 445 g/mol. The van der Waals surface area contributed by atoms with E-state index in [0.29, 0.717) is 22.9 Å². The van der Waals surface area contributed by atoms with Gasteiger partial charge in [0, 0.05) is 28.9 Å². The van der Waals surface area contributed by atoms with Crippen LogP contribution in [0.15, 0.2) is 54.6 Å². The number of aromatic nitrogens is 2. The molecule has 4 rings (SSSR count). The summed E-state index contributed by atoms with van der Waals surface area (Å²) in [5.74, 6) is 2.47. The highest BCUT2D eigenvalue weighted by Crippen LogP contribution is 2.33. The molecule has 170 valence electrons. The molecule has 33 heavy (non-hydrogen) atoms. The van der Waals surface area contributed by atoms with E-state index in [1.807, 2.05) is 51.1 Å². The zero-order valence-corrected chi connectivity index (χ0v) is 19.4. The number of ether oxygens (including phenoxy) is 3. The quantitative estimate of drug-likeness (QED) is 0.387. The molecule has 0 fully saturated rings. The lowest BCUT2D eigenvalue weighted by molar-refractivity contribution is 0.102. The van der Waals surface area contributed by atoms with E-state index in [-0.39, 0.29) is 12.0 Å². The van der Waals surface area contributed by atoms with Crippen LogP contribution in [0.2, 0.25) is 0 Å². The van der Waals surface area contributed by atoms with Crippen LogP contribution < -0.4 is 19.5 Å². The third-order valence-electron chi connectivity index (χ3n) is 5.23. The van der Waals surface area contributed by atoms with E-state index < -0.39 is 0 Å². The van der Waals surface area contributed by atoms with Crippen molar-refractivity contribution >= 4 is 22.6 Å². The molecule has 7 nitrogen and oxygen atoms in total. The maximum atomic E-state index is 12.8. The maximum Gasteiger partial charge on any atom is 0.255 e. The van der Waals surface area contributed by atoms with E-state index in [1.54, 1.807) is 38.5 Å². The first-order chi connectivity index (χ1) is 15.9. The summed E-state index contributed by atoms with van der Waals surface area (Å²) in [6, 6.07) is 16.6. The molecule has 0 spiro atoms. The summed E-state index contributed by atoms with van der Waals surface area (Å²) in [4.78, 5) is 20.8. The Morgan fingerprint density at radius 2 is 1.67 bits per heavy atom. The molecule has 0 saturated carbocycles. The molecule has 7 heteroatoms. The van der Waals surface area contributed by atoms with Crippen molar-refractivity contribution in [2.24, 2.45) is 0 Å². The number of fused-ring (bicyclic) bond motifs is 1. The number of nitrogens with zero attached hydrogens (tertiary/aromatic N) is 1. The molecule has 0 aliphatic rings. The number of hydrogen-bond acceptors (Lipinski definition) is 5. The predicted molar refractivity (Wildman–Crippen MR) is 130 cm³/mol. The number of H-pyrrole nitrogens is 1. The smallest absolute Gasteiger partial charge is 0.255 e. The average molecular weight is 446 g/mol. The summed E-state index contributed by atoms with van der Waals surface area (Å²) in [6.07, 6.45) is 0.0792. The summed E-state index contributed by atoms with van der Waals surface area (Å²) < 4.78 is 16.4. The van der Waals surface area contributed by atoms with Gasteiger partial charge in [-0.3, -0.25) is 4.79 Å². The lowest BCUT2D eigenvalue weighted by atomic mass is 10.1. The van der Waals surface area contributed by atoms with Crippen LogP contribution in [0, 0.1) is 6.92 Å². The van der Waals surface area contributed by atoms with Crippen molar-refractivity contribution in [3.63, 3.8) is 0 Å². The zero-order chi connectivity index (χ0) is 23.5. The zero-order valence-electron chi connectivity index (χ0n) is 19.4. The Kier molecular flexibility index (Phi) is 6.22. The topological polar surface area (TPSA) is 85.5 Å². The van der Waals surface area contributed by atoms with Gasteiger partial charge in [-0.1, -0.05) is 12.1 Å². The highest BCUT2D eigenvalue weighted by molar-refractivity contribution is 6.05. The van der Waals surface area contributed by atoms with Crippen LogP contribution in [0.1, 0.15) is 29.8 Å². The molecule has 0 atom stereocenters. The van der Waals surface area contributed by atoms with Gasteiger partial charge in [-0.05, 0) is 56.7 Å². The minimum Gasteiger partial charge on any atom is -0.493 e. The minimum atomic E-state index is -0.189. The Balaban J connectivity index is 1.59. The summed E-state index contributed by atoms with van der Waals surface area (Å²) >= 11 is 0. The number of carbonyl (C=O) groups excluding carboxylic acids is 1. The third kappa shape index (κ3) is 4.77. The summed E-state index contributed by atoms with van der Waals surface area (Å²) in [6.45, 7) is 5.88. The van der Waals surface area contributed by atoms with Crippen molar-refractivity contribution in [1.29, 1.82) is 0 Å². The van der Waals surface area contributed by atoms with Gasteiger partial charge in [-0.2, -0.15) is 0 Å². The molecular formula is C26H27N3O4. The molecule has 0 saturated heterocycles. The summed E-state index contributed by atoms with van der Waals surface area (Å²) in [7, 11) is 3.19. The Labute approximate surface area is 192 Å². The van der Waals surface area contributed by atoms with Crippen molar-refractivity contribution in [3.8, 4) is 28.6 Å². The number of aryl methyl sites for hydroxylation is 1. The molecule has 1 aromatic heterocycles. The second-order valence-corrected chi connectivity index (χ2v) is 7.98. The van der Waals surface area contributed by atoms with Gasteiger partial charge in [0.05, 0.1) is 31.4 Å². The first-order valence-corrected chi connectivity index (χ1v) is 10.7. The number of anilines is 1. The van der Waals surface area contributed by atoms with Gasteiger partial charge >= 0.3 is 0 Å². The molecule has 0 radical (unpaired) electrons. The molecule has 2 N–H and O–H groups in total. The van der Waals surface area contributed by atoms with Crippen molar-refractivity contribution < 1.29 is 19.0 Å². The number of methoxy groups -OCH3 is 2. The molecule has 3 aromatic carbocycles. The Morgan fingerprint density at radius 3 is 2.33 bits per heavy atom. The molecule has 0 aliphatic carbocycles. The number of aromatic amines is 1. The van der Waals surface area contributed by atoms with Crippen molar-refractivity contribution in [1.82, 2.24) is 9.97 Å². The molecule has 0 bridgehead atoms. The summed E-state index contributed by atoms with van der Waals surface area (Å²) in [5, 5.41) is 3.01. The van der Waals surface area contributed by atoms with Crippen molar-refractivity contribution in [3.05, 3.63) is 65.7 Å². The molecule has 0 unspecified atom stereocenters. The predicted octanol–water partition coefficient (Wildman–Crippen LogP) is 5.60. The number of amides is 1. The first kappa shape index (κ1) is 22.2. The SMILES string of the molecule is COc1cc2nc(-c3ccc(C)c(NC(=O)c4ccc(OC(C)C)cc4)c3)[nH]c2cc1OC. The van der Waals surface area contributed by atoms with Gasteiger partial charge in [0.1, 0.15) is 11.6 Å². The molecule has 0 aliphatic heterocycles. The lowest BCUT2D eigenvalue weighted by Gasteiger charge is -2.12. The highest BCUT2D eigenvalue weighted by Gasteiger charge is 2.14.